The predicted molar refractivity (Wildman–Crippen MR) is 105 cm³/mol. The summed E-state index contributed by atoms with van der Waals surface area (Å²) in [5.41, 5.74) is 8.21. The minimum atomic E-state index is 0.817. The molecule has 0 aliphatic rings. The lowest BCUT2D eigenvalue weighted by atomic mass is 10.1. The van der Waals surface area contributed by atoms with Gasteiger partial charge in [0.15, 0.2) is 0 Å². The maximum atomic E-state index is 4.50. The van der Waals surface area contributed by atoms with Crippen LogP contribution in [0.25, 0.3) is 22.2 Å². The molecule has 0 atom stereocenters. The topological polar surface area (TPSA) is 40.7 Å². The highest BCUT2D eigenvalue weighted by molar-refractivity contribution is 5.94. The Bertz CT molecular complexity index is 1020. The summed E-state index contributed by atoms with van der Waals surface area (Å²) in [7, 11) is 0. The van der Waals surface area contributed by atoms with Gasteiger partial charge in [-0.25, -0.2) is 0 Å². The van der Waals surface area contributed by atoms with E-state index in [1.54, 1.807) is 0 Å². The van der Waals surface area contributed by atoms with Gasteiger partial charge in [-0.3, -0.25) is 5.10 Å². The fourth-order valence-corrected chi connectivity index (χ4v) is 3.13. The summed E-state index contributed by atoms with van der Waals surface area (Å²) in [5.74, 6) is 0. The third-order valence-corrected chi connectivity index (χ3v) is 4.60. The average molecular weight is 327 g/mol. The van der Waals surface area contributed by atoms with Crippen molar-refractivity contribution in [2.75, 3.05) is 5.32 Å². The van der Waals surface area contributed by atoms with Gasteiger partial charge >= 0.3 is 0 Å². The minimum absolute atomic E-state index is 0.817. The first-order valence-corrected chi connectivity index (χ1v) is 8.54. The Morgan fingerprint density at radius 2 is 1.76 bits per heavy atom. The molecule has 0 bridgehead atoms. The average Bonchev–Trinajstić information content (AvgIpc) is 3.06. The van der Waals surface area contributed by atoms with E-state index >= 15 is 0 Å². The molecule has 0 radical (unpaired) electrons. The summed E-state index contributed by atoms with van der Waals surface area (Å²) >= 11 is 0. The van der Waals surface area contributed by atoms with Gasteiger partial charge in [0.1, 0.15) is 0 Å². The fourth-order valence-electron chi connectivity index (χ4n) is 3.13. The van der Waals surface area contributed by atoms with Crippen LogP contribution in [0.3, 0.4) is 0 Å². The molecule has 0 spiro atoms. The molecule has 3 nitrogen and oxygen atoms in total. The van der Waals surface area contributed by atoms with Crippen LogP contribution in [0.5, 0.6) is 0 Å². The van der Waals surface area contributed by atoms with Crippen LogP contribution in [-0.2, 0) is 6.54 Å². The van der Waals surface area contributed by atoms with E-state index in [0.717, 1.165) is 34.4 Å². The van der Waals surface area contributed by atoms with Crippen LogP contribution in [0.15, 0.2) is 66.7 Å². The summed E-state index contributed by atoms with van der Waals surface area (Å²) in [5, 5.41) is 12.3. The second kappa shape index (κ2) is 6.44. The smallest absolute Gasteiger partial charge is 0.1000 e. The molecule has 0 aliphatic carbocycles. The summed E-state index contributed by atoms with van der Waals surface area (Å²) < 4.78 is 0. The zero-order valence-electron chi connectivity index (χ0n) is 14.5. The summed E-state index contributed by atoms with van der Waals surface area (Å²) in [6.45, 7) is 5.10. The Kier molecular flexibility index (Phi) is 3.98. The molecule has 1 aromatic heterocycles. The number of nitrogens with one attached hydrogen (secondary N) is 2. The molecule has 25 heavy (non-hydrogen) atoms. The summed E-state index contributed by atoms with van der Waals surface area (Å²) in [4.78, 5) is 0. The van der Waals surface area contributed by atoms with Gasteiger partial charge in [0, 0.05) is 23.2 Å². The Hall–Kier alpha value is -3.07. The van der Waals surface area contributed by atoms with Gasteiger partial charge < -0.3 is 5.32 Å². The molecular weight excluding hydrogens is 306 g/mol. The van der Waals surface area contributed by atoms with Crippen LogP contribution in [-0.4, -0.2) is 10.2 Å². The van der Waals surface area contributed by atoms with Crippen molar-refractivity contribution in [1.29, 1.82) is 0 Å². The minimum Gasteiger partial charge on any atom is -0.381 e. The number of nitrogens with zero attached hydrogens (tertiary/aromatic N) is 1. The zero-order valence-corrected chi connectivity index (χ0v) is 14.5. The molecule has 3 aromatic carbocycles. The van der Waals surface area contributed by atoms with Crippen molar-refractivity contribution >= 4 is 16.6 Å². The van der Waals surface area contributed by atoms with E-state index in [4.69, 9.17) is 0 Å². The Balaban J connectivity index is 1.64. The predicted octanol–water partition coefficient (Wildman–Crippen LogP) is 5.46. The highest BCUT2D eigenvalue weighted by Gasteiger charge is 2.08. The molecule has 0 unspecified atom stereocenters. The van der Waals surface area contributed by atoms with Crippen LogP contribution >= 0.6 is 0 Å². The van der Waals surface area contributed by atoms with Crippen LogP contribution in [0, 0.1) is 13.8 Å². The molecule has 0 fully saturated rings. The Morgan fingerprint density at radius 3 is 2.60 bits per heavy atom. The number of aromatic nitrogens is 2. The standard InChI is InChI=1S/C22H21N3/c1-15-8-9-16(2)18(12-15)14-23-19-10-11-21-20(13-19)22(25-24-21)17-6-4-3-5-7-17/h3-13,23H,14H2,1-2H3,(H,24,25). The van der Waals surface area contributed by atoms with Crippen molar-refractivity contribution in [2.45, 2.75) is 20.4 Å². The lowest BCUT2D eigenvalue weighted by Gasteiger charge is -2.10. The van der Waals surface area contributed by atoms with Gasteiger partial charge in [-0.2, -0.15) is 5.10 Å². The number of rotatable bonds is 4. The highest BCUT2D eigenvalue weighted by atomic mass is 15.1. The molecule has 0 amide bonds. The monoisotopic (exact) mass is 327 g/mol. The quantitative estimate of drug-likeness (QED) is 0.522. The van der Waals surface area contributed by atoms with Gasteiger partial charge in [-0.1, -0.05) is 54.1 Å². The van der Waals surface area contributed by atoms with Crippen LogP contribution in [0.2, 0.25) is 0 Å². The number of fused-ring (bicyclic) bond motifs is 1. The second-order valence-corrected chi connectivity index (χ2v) is 6.48. The number of hydrogen-bond acceptors (Lipinski definition) is 2. The molecule has 0 saturated heterocycles. The second-order valence-electron chi connectivity index (χ2n) is 6.48. The van der Waals surface area contributed by atoms with E-state index in [1.807, 2.05) is 18.2 Å². The lowest BCUT2D eigenvalue weighted by Crippen LogP contribution is -2.01. The third kappa shape index (κ3) is 3.13. The first-order valence-electron chi connectivity index (χ1n) is 8.54. The molecule has 0 aliphatic heterocycles. The normalized spacial score (nSPS) is 11.0. The van der Waals surface area contributed by atoms with E-state index in [9.17, 15) is 0 Å². The molecule has 4 aromatic rings. The lowest BCUT2D eigenvalue weighted by molar-refractivity contribution is 1.11. The molecular formula is C22H21N3. The van der Waals surface area contributed by atoms with Gasteiger partial charge in [-0.15, -0.1) is 0 Å². The van der Waals surface area contributed by atoms with Crippen molar-refractivity contribution in [3.05, 3.63) is 83.4 Å². The van der Waals surface area contributed by atoms with Crippen molar-refractivity contribution < 1.29 is 0 Å². The molecule has 1 heterocycles. The molecule has 2 N–H and O–H groups in total. The van der Waals surface area contributed by atoms with Crippen molar-refractivity contribution in [3.8, 4) is 11.3 Å². The van der Waals surface area contributed by atoms with E-state index < -0.39 is 0 Å². The van der Waals surface area contributed by atoms with Crippen LogP contribution in [0.4, 0.5) is 5.69 Å². The summed E-state index contributed by atoms with van der Waals surface area (Å²) in [6.07, 6.45) is 0. The van der Waals surface area contributed by atoms with Gasteiger partial charge in [0.05, 0.1) is 11.2 Å². The zero-order chi connectivity index (χ0) is 17.2. The van der Waals surface area contributed by atoms with Gasteiger partial charge in [0.2, 0.25) is 0 Å². The third-order valence-electron chi connectivity index (χ3n) is 4.60. The number of hydrogen-bond donors (Lipinski definition) is 2. The first kappa shape index (κ1) is 15.5. The van der Waals surface area contributed by atoms with Crippen molar-refractivity contribution in [2.24, 2.45) is 0 Å². The fraction of sp³-hybridized carbons (Fsp3) is 0.136. The van der Waals surface area contributed by atoms with Crippen LogP contribution in [0.1, 0.15) is 16.7 Å². The largest absolute Gasteiger partial charge is 0.381 e. The van der Waals surface area contributed by atoms with Crippen molar-refractivity contribution in [3.63, 3.8) is 0 Å². The van der Waals surface area contributed by atoms with Crippen LogP contribution < -0.4 is 5.32 Å². The summed E-state index contributed by atoms with van der Waals surface area (Å²) in [6, 6.07) is 23.2. The number of aromatic amines is 1. The SMILES string of the molecule is Cc1ccc(C)c(CNc2ccc3[nH]nc(-c4ccccc4)c3c2)c1. The number of benzene rings is 3. The van der Waals surface area contributed by atoms with E-state index in [1.165, 1.54) is 16.7 Å². The van der Waals surface area contributed by atoms with Crippen molar-refractivity contribution in [1.82, 2.24) is 10.2 Å². The number of aryl methyl sites for hydroxylation is 2. The molecule has 124 valence electrons. The molecule has 3 heteroatoms. The Morgan fingerprint density at radius 1 is 0.920 bits per heavy atom. The highest BCUT2D eigenvalue weighted by Crippen LogP contribution is 2.28. The first-order chi connectivity index (χ1) is 12.2. The maximum Gasteiger partial charge on any atom is 0.1000 e. The van der Waals surface area contributed by atoms with Gasteiger partial charge in [-0.05, 0) is 43.2 Å². The molecule has 4 rings (SSSR count). The maximum absolute atomic E-state index is 4.50. The number of anilines is 1. The van der Waals surface area contributed by atoms with E-state index in [2.05, 4.69) is 77.9 Å². The van der Waals surface area contributed by atoms with Gasteiger partial charge in [0.25, 0.3) is 0 Å². The Labute approximate surface area is 147 Å². The van der Waals surface area contributed by atoms with E-state index in [-0.39, 0.29) is 0 Å². The number of H-pyrrole nitrogens is 1. The molecule has 0 saturated carbocycles. The van der Waals surface area contributed by atoms with E-state index in [0.29, 0.717) is 0 Å².